The van der Waals surface area contributed by atoms with Crippen molar-refractivity contribution in [1.82, 2.24) is 0 Å². The van der Waals surface area contributed by atoms with Gasteiger partial charge in [0.2, 0.25) is 5.91 Å². The zero-order valence-electron chi connectivity index (χ0n) is 8.24. The Balaban J connectivity index is 2.52. The molecule has 1 aliphatic heterocycles. The highest BCUT2D eigenvalue weighted by molar-refractivity contribution is 6.32. The zero-order valence-corrected chi connectivity index (χ0v) is 8.99. The number of fused-ring (bicyclic) bond motifs is 1. The van der Waals surface area contributed by atoms with E-state index < -0.39 is 6.04 Å². The first kappa shape index (κ1) is 10.3. The lowest BCUT2D eigenvalue weighted by Crippen LogP contribution is -2.43. The number of ether oxygens (including phenoxy) is 1. The average Bonchev–Trinajstić information content (AvgIpc) is 2.33. The fourth-order valence-electron chi connectivity index (χ4n) is 1.52. The molecular formula is C10H11ClN2O2. The van der Waals surface area contributed by atoms with Crippen molar-refractivity contribution >= 4 is 23.2 Å². The molecule has 1 atom stereocenters. The highest BCUT2D eigenvalue weighted by Gasteiger charge is 2.27. The van der Waals surface area contributed by atoms with E-state index >= 15 is 0 Å². The topological polar surface area (TPSA) is 55.6 Å². The summed E-state index contributed by atoms with van der Waals surface area (Å²) in [6.07, 6.45) is 0. The first-order valence-corrected chi connectivity index (χ1v) is 4.93. The van der Waals surface area contributed by atoms with Gasteiger partial charge in [0, 0.05) is 7.05 Å². The minimum Gasteiger partial charge on any atom is -0.488 e. The van der Waals surface area contributed by atoms with Gasteiger partial charge in [-0.3, -0.25) is 4.79 Å². The number of hydrogen-bond acceptors (Lipinski definition) is 3. The summed E-state index contributed by atoms with van der Waals surface area (Å²) in [4.78, 5) is 13.2. The van der Waals surface area contributed by atoms with Crippen LogP contribution in [0.5, 0.6) is 5.75 Å². The van der Waals surface area contributed by atoms with Gasteiger partial charge in [0.15, 0.2) is 5.75 Å². The fraction of sp³-hybridized carbons (Fsp3) is 0.300. The molecule has 0 saturated carbocycles. The van der Waals surface area contributed by atoms with E-state index in [1.54, 1.807) is 25.2 Å². The standard InChI is InChI=1S/C10H11ClN2O2/c1-13-8-4-2-3-6(11)9(8)15-5-7(12)10(13)14/h2-4,7H,5,12H2,1H3. The van der Waals surface area contributed by atoms with E-state index in [0.717, 1.165) is 0 Å². The van der Waals surface area contributed by atoms with Gasteiger partial charge in [-0.25, -0.2) is 0 Å². The molecule has 5 heteroatoms. The van der Waals surface area contributed by atoms with Crippen molar-refractivity contribution < 1.29 is 9.53 Å². The van der Waals surface area contributed by atoms with Gasteiger partial charge in [-0.2, -0.15) is 0 Å². The Kier molecular flexibility index (Phi) is 2.54. The SMILES string of the molecule is CN1C(=O)C(N)COc2c(Cl)cccc21. The van der Waals surface area contributed by atoms with Gasteiger partial charge in [0.1, 0.15) is 12.6 Å². The molecule has 1 amide bonds. The Labute approximate surface area is 92.6 Å². The quantitative estimate of drug-likeness (QED) is 0.719. The molecule has 15 heavy (non-hydrogen) atoms. The Hall–Kier alpha value is -1.26. The molecule has 2 N–H and O–H groups in total. The van der Waals surface area contributed by atoms with Crippen LogP contribution in [0.2, 0.25) is 5.02 Å². The molecule has 0 fully saturated rings. The van der Waals surface area contributed by atoms with Crippen LogP contribution in [0.25, 0.3) is 0 Å². The number of hydrogen-bond donors (Lipinski definition) is 1. The fourth-order valence-corrected chi connectivity index (χ4v) is 1.74. The number of benzene rings is 1. The van der Waals surface area contributed by atoms with Gasteiger partial charge >= 0.3 is 0 Å². The molecule has 0 spiro atoms. The van der Waals surface area contributed by atoms with E-state index in [2.05, 4.69) is 0 Å². The Bertz CT molecular complexity index is 408. The summed E-state index contributed by atoms with van der Waals surface area (Å²) in [5.74, 6) is 0.346. The van der Waals surface area contributed by atoms with Gasteiger partial charge in [-0.15, -0.1) is 0 Å². The van der Waals surface area contributed by atoms with Crippen LogP contribution in [0.1, 0.15) is 0 Å². The number of amides is 1. The van der Waals surface area contributed by atoms with Crippen molar-refractivity contribution in [2.24, 2.45) is 5.73 Å². The molecule has 2 rings (SSSR count). The van der Waals surface area contributed by atoms with Crippen LogP contribution in [-0.2, 0) is 4.79 Å². The second kappa shape index (κ2) is 3.72. The number of likely N-dealkylation sites (N-methyl/N-ethyl adjacent to an activating group) is 1. The van der Waals surface area contributed by atoms with Gasteiger partial charge in [0.05, 0.1) is 10.7 Å². The van der Waals surface area contributed by atoms with Crippen molar-refractivity contribution in [2.45, 2.75) is 6.04 Å². The average molecular weight is 227 g/mol. The molecule has 4 nitrogen and oxygen atoms in total. The lowest BCUT2D eigenvalue weighted by Gasteiger charge is -2.17. The lowest BCUT2D eigenvalue weighted by atomic mass is 10.2. The molecule has 1 aromatic carbocycles. The summed E-state index contributed by atoms with van der Waals surface area (Å²) < 4.78 is 5.41. The molecular weight excluding hydrogens is 216 g/mol. The first-order chi connectivity index (χ1) is 7.11. The molecule has 1 heterocycles. The third-order valence-electron chi connectivity index (χ3n) is 2.36. The van der Waals surface area contributed by atoms with Gasteiger partial charge < -0.3 is 15.4 Å². The smallest absolute Gasteiger partial charge is 0.247 e. The monoisotopic (exact) mass is 226 g/mol. The normalized spacial score (nSPS) is 20.6. The minimum atomic E-state index is -0.640. The van der Waals surface area contributed by atoms with E-state index in [1.807, 2.05) is 0 Å². The molecule has 0 aliphatic carbocycles. The van der Waals surface area contributed by atoms with Gasteiger partial charge in [-0.1, -0.05) is 17.7 Å². The lowest BCUT2D eigenvalue weighted by molar-refractivity contribution is -0.119. The third-order valence-corrected chi connectivity index (χ3v) is 2.66. The number of halogens is 1. The number of para-hydroxylation sites is 1. The second-order valence-electron chi connectivity index (χ2n) is 3.40. The summed E-state index contributed by atoms with van der Waals surface area (Å²) >= 11 is 5.97. The maximum absolute atomic E-state index is 11.7. The van der Waals surface area contributed by atoms with E-state index in [-0.39, 0.29) is 12.5 Å². The number of rotatable bonds is 0. The van der Waals surface area contributed by atoms with E-state index in [0.29, 0.717) is 16.5 Å². The highest BCUT2D eigenvalue weighted by atomic mass is 35.5. The molecule has 0 bridgehead atoms. The molecule has 80 valence electrons. The Morgan fingerprint density at radius 1 is 1.60 bits per heavy atom. The van der Waals surface area contributed by atoms with Crippen molar-refractivity contribution in [3.8, 4) is 5.75 Å². The van der Waals surface area contributed by atoms with Crippen molar-refractivity contribution in [3.05, 3.63) is 23.2 Å². The zero-order chi connectivity index (χ0) is 11.0. The number of carbonyl (C=O) groups is 1. The van der Waals surface area contributed by atoms with E-state index in [4.69, 9.17) is 22.1 Å². The number of nitrogens with zero attached hydrogens (tertiary/aromatic N) is 1. The number of carbonyl (C=O) groups excluding carboxylic acids is 1. The van der Waals surface area contributed by atoms with Crippen LogP contribution in [0.15, 0.2) is 18.2 Å². The largest absolute Gasteiger partial charge is 0.488 e. The molecule has 1 aliphatic rings. The van der Waals surface area contributed by atoms with Crippen LogP contribution < -0.4 is 15.4 Å². The summed E-state index contributed by atoms with van der Waals surface area (Å²) in [6, 6.07) is 4.62. The van der Waals surface area contributed by atoms with Crippen LogP contribution in [-0.4, -0.2) is 25.6 Å². The second-order valence-corrected chi connectivity index (χ2v) is 3.81. The van der Waals surface area contributed by atoms with Crippen LogP contribution in [0.3, 0.4) is 0 Å². The van der Waals surface area contributed by atoms with Gasteiger partial charge in [0.25, 0.3) is 0 Å². The minimum absolute atomic E-state index is 0.153. The van der Waals surface area contributed by atoms with Crippen LogP contribution in [0.4, 0.5) is 5.69 Å². The first-order valence-electron chi connectivity index (χ1n) is 4.55. The summed E-state index contributed by atoms with van der Waals surface area (Å²) in [5.41, 5.74) is 6.29. The maximum atomic E-state index is 11.7. The predicted octanol–water partition coefficient (Wildman–Crippen LogP) is 1.02. The molecule has 0 radical (unpaired) electrons. The van der Waals surface area contributed by atoms with Crippen LogP contribution >= 0.6 is 11.6 Å². The Morgan fingerprint density at radius 2 is 2.33 bits per heavy atom. The predicted molar refractivity (Wildman–Crippen MR) is 58.3 cm³/mol. The van der Waals surface area contributed by atoms with Crippen molar-refractivity contribution in [3.63, 3.8) is 0 Å². The molecule has 1 unspecified atom stereocenters. The van der Waals surface area contributed by atoms with Crippen molar-refractivity contribution in [1.29, 1.82) is 0 Å². The molecule has 1 aromatic rings. The van der Waals surface area contributed by atoms with E-state index in [1.165, 1.54) is 4.90 Å². The summed E-state index contributed by atoms with van der Waals surface area (Å²) in [5, 5.41) is 0.487. The van der Waals surface area contributed by atoms with Crippen molar-refractivity contribution in [2.75, 3.05) is 18.6 Å². The highest BCUT2D eigenvalue weighted by Crippen LogP contribution is 2.36. The molecule has 0 aromatic heterocycles. The van der Waals surface area contributed by atoms with E-state index in [9.17, 15) is 4.79 Å². The maximum Gasteiger partial charge on any atom is 0.247 e. The Morgan fingerprint density at radius 3 is 3.07 bits per heavy atom. The molecule has 0 saturated heterocycles. The third kappa shape index (κ3) is 1.66. The number of nitrogens with two attached hydrogens (primary N) is 1. The number of anilines is 1. The van der Waals surface area contributed by atoms with Crippen LogP contribution in [0, 0.1) is 0 Å². The summed E-state index contributed by atoms with van der Waals surface area (Å²) in [6.45, 7) is 0.153. The summed E-state index contributed by atoms with van der Waals surface area (Å²) in [7, 11) is 1.66. The van der Waals surface area contributed by atoms with Gasteiger partial charge in [-0.05, 0) is 12.1 Å².